The van der Waals surface area contributed by atoms with E-state index in [1.54, 1.807) is 31.4 Å². The van der Waals surface area contributed by atoms with Gasteiger partial charge in [-0.2, -0.15) is 0 Å². The number of nitrogens with one attached hydrogen (secondary N) is 1. The highest BCUT2D eigenvalue weighted by Crippen LogP contribution is 2.41. The summed E-state index contributed by atoms with van der Waals surface area (Å²) in [5.41, 5.74) is 1.98. The highest BCUT2D eigenvalue weighted by Gasteiger charge is 2.40. The molecule has 2 atom stereocenters. The Morgan fingerprint density at radius 1 is 1.30 bits per heavy atom. The Labute approximate surface area is 160 Å². The molecular weight excluding hydrogens is 365 g/mol. The van der Waals surface area contributed by atoms with E-state index in [9.17, 15) is 9.18 Å². The molecule has 27 heavy (non-hydrogen) atoms. The molecule has 0 aliphatic heterocycles. The molecule has 5 nitrogen and oxygen atoms in total. The molecule has 138 valence electrons. The van der Waals surface area contributed by atoms with E-state index >= 15 is 0 Å². The van der Waals surface area contributed by atoms with Crippen LogP contribution in [-0.2, 0) is 0 Å². The molecule has 1 aliphatic carbocycles. The molecule has 7 heteroatoms. The summed E-state index contributed by atoms with van der Waals surface area (Å²) in [6, 6.07) is 10.1. The standard InChI is InChI=1S/C20H18FN3O2S/c1-11-17(20(27-2)24-18(22-11)16-7-4-8-26-16)19(25)23-15-10-14(15)12-5-3-6-13(21)9-12/h3-9,14-15H,10H2,1-2H3,(H,23,25)/t14-,15+/m0/s1. The van der Waals surface area contributed by atoms with Crippen molar-refractivity contribution in [3.05, 3.63) is 65.3 Å². The number of hydrogen-bond donors (Lipinski definition) is 1. The Hall–Kier alpha value is -2.67. The SMILES string of the molecule is CSc1nc(-c2ccco2)nc(C)c1C(=O)N[C@@H]1C[C@H]1c1cccc(F)c1. The normalized spacial score (nSPS) is 18.3. The Kier molecular flexibility index (Phi) is 4.70. The molecule has 2 heterocycles. The first-order valence-electron chi connectivity index (χ1n) is 8.59. The topological polar surface area (TPSA) is 68.0 Å². The van der Waals surface area contributed by atoms with E-state index in [2.05, 4.69) is 15.3 Å². The van der Waals surface area contributed by atoms with Crippen LogP contribution in [0.1, 0.15) is 34.0 Å². The van der Waals surface area contributed by atoms with Gasteiger partial charge in [-0.1, -0.05) is 12.1 Å². The van der Waals surface area contributed by atoms with Gasteiger partial charge in [0.2, 0.25) is 0 Å². The lowest BCUT2D eigenvalue weighted by Crippen LogP contribution is -2.28. The maximum absolute atomic E-state index is 13.4. The minimum Gasteiger partial charge on any atom is -0.461 e. The molecule has 1 aromatic carbocycles. The monoisotopic (exact) mass is 383 g/mol. The number of rotatable bonds is 5. The first kappa shape index (κ1) is 17.7. The van der Waals surface area contributed by atoms with Crippen molar-refractivity contribution < 1.29 is 13.6 Å². The molecule has 0 bridgehead atoms. The highest BCUT2D eigenvalue weighted by molar-refractivity contribution is 7.98. The van der Waals surface area contributed by atoms with Gasteiger partial charge in [0.05, 0.1) is 17.5 Å². The van der Waals surface area contributed by atoms with Gasteiger partial charge in [-0.15, -0.1) is 11.8 Å². The van der Waals surface area contributed by atoms with E-state index in [1.807, 2.05) is 12.3 Å². The maximum Gasteiger partial charge on any atom is 0.256 e. The fourth-order valence-electron chi connectivity index (χ4n) is 3.17. The van der Waals surface area contributed by atoms with Crippen LogP contribution in [0.15, 0.2) is 52.1 Å². The van der Waals surface area contributed by atoms with Crippen molar-refractivity contribution in [1.29, 1.82) is 0 Å². The molecular formula is C20H18FN3O2S. The molecule has 0 radical (unpaired) electrons. The van der Waals surface area contributed by atoms with Crippen molar-refractivity contribution in [1.82, 2.24) is 15.3 Å². The summed E-state index contributed by atoms with van der Waals surface area (Å²) in [7, 11) is 0. The van der Waals surface area contributed by atoms with E-state index in [4.69, 9.17) is 4.42 Å². The largest absolute Gasteiger partial charge is 0.461 e. The van der Waals surface area contributed by atoms with Crippen LogP contribution in [0.4, 0.5) is 4.39 Å². The summed E-state index contributed by atoms with van der Waals surface area (Å²) in [4.78, 5) is 21.7. The second-order valence-electron chi connectivity index (χ2n) is 6.47. The zero-order chi connectivity index (χ0) is 19.0. The van der Waals surface area contributed by atoms with Gasteiger partial charge in [0.25, 0.3) is 5.91 Å². The first-order chi connectivity index (χ1) is 13.1. The van der Waals surface area contributed by atoms with Crippen LogP contribution < -0.4 is 5.32 Å². The van der Waals surface area contributed by atoms with Crippen LogP contribution >= 0.6 is 11.8 Å². The number of nitrogens with zero attached hydrogens (tertiary/aromatic N) is 2. The summed E-state index contributed by atoms with van der Waals surface area (Å²) < 4.78 is 18.8. The summed E-state index contributed by atoms with van der Waals surface area (Å²) in [5, 5.41) is 3.64. The smallest absolute Gasteiger partial charge is 0.256 e. The van der Waals surface area contributed by atoms with E-state index < -0.39 is 0 Å². The minimum absolute atomic E-state index is 0.00171. The van der Waals surface area contributed by atoms with Gasteiger partial charge in [-0.05, 0) is 49.4 Å². The van der Waals surface area contributed by atoms with Crippen molar-refractivity contribution in [2.45, 2.75) is 30.3 Å². The van der Waals surface area contributed by atoms with Gasteiger partial charge in [0.1, 0.15) is 10.8 Å². The van der Waals surface area contributed by atoms with Crippen LogP contribution in [0.3, 0.4) is 0 Å². The fourth-order valence-corrected chi connectivity index (χ4v) is 3.79. The van der Waals surface area contributed by atoms with Crippen LogP contribution in [0.5, 0.6) is 0 Å². The number of amides is 1. The van der Waals surface area contributed by atoms with Gasteiger partial charge >= 0.3 is 0 Å². The molecule has 0 saturated heterocycles. The number of aromatic nitrogens is 2. The predicted molar refractivity (Wildman–Crippen MR) is 101 cm³/mol. The summed E-state index contributed by atoms with van der Waals surface area (Å²) in [6.45, 7) is 1.79. The third-order valence-corrected chi connectivity index (χ3v) is 5.28. The van der Waals surface area contributed by atoms with Crippen molar-refractivity contribution >= 4 is 17.7 Å². The molecule has 1 amide bonds. The Balaban J connectivity index is 1.54. The third-order valence-electron chi connectivity index (χ3n) is 4.60. The lowest BCUT2D eigenvalue weighted by atomic mass is 10.1. The molecule has 2 aromatic heterocycles. The number of carbonyl (C=O) groups is 1. The van der Waals surface area contributed by atoms with Crippen LogP contribution in [0.2, 0.25) is 0 Å². The molecule has 1 saturated carbocycles. The lowest BCUT2D eigenvalue weighted by molar-refractivity contribution is 0.0945. The van der Waals surface area contributed by atoms with E-state index in [0.717, 1.165) is 12.0 Å². The van der Waals surface area contributed by atoms with Crippen LogP contribution in [-0.4, -0.2) is 28.2 Å². The molecule has 1 fully saturated rings. The molecule has 0 spiro atoms. The number of aryl methyl sites for hydroxylation is 1. The third kappa shape index (κ3) is 3.60. The van der Waals surface area contributed by atoms with Crippen molar-refractivity contribution in [2.75, 3.05) is 6.26 Å². The van der Waals surface area contributed by atoms with Crippen molar-refractivity contribution in [3.63, 3.8) is 0 Å². The van der Waals surface area contributed by atoms with Gasteiger partial charge in [0.15, 0.2) is 11.6 Å². The van der Waals surface area contributed by atoms with Gasteiger partial charge < -0.3 is 9.73 Å². The van der Waals surface area contributed by atoms with Crippen molar-refractivity contribution in [3.8, 4) is 11.6 Å². The quantitative estimate of drug-likeness (QED) is 0.528. The van der Waals surface area contributed by atoms with Crippen LogP contribution in [0, 0.1) is 12.7 Å². The molecule has 0 unspecified atom stereocenters. The average molecular weight is 383 g/mol. The van der Waals surface area contributed by atoms with Gasteiger partial charge in [-0.25, -0.2) is 14.4 Å². The molecule has 1 aliphatic rings. The molecule has 3 aromatic rings. The average Bonchev–Trinajstić information content (AvgIpc) is 3.19. The Morgan fingerprint density at radius 3 is 2.85 bits per heavy atom. The van der Waals surface area contributed by atoms with Gasteiger partial charge in [0, 0.05) is 12.0 Å². The zero-order valence-corrected chi connectivity index (χ0v) is 15.7. The molecule has 4 rings (SSSR count). The predicted octanol–water partition coefficient (Wildman–Crippen LogP) is 4.19. The second kappa shape index (κ2) is 7.15. The Bertz CT molecular complexity index is 991. The number of halogens is 1. The summed E-state index contributed by atoms with van der Waals surface area (Å²) in [5.74, 6) is 0.709. The second-order valence-corrected chi connectivity index (χ2v) is 7.27. The number of hydrogen-bond acceptors (Lipinski definition) is 5. The lowest BCUT2D eigenvalue weighted by Gasteiger charge is -2.11. The zero-order valence-electron chi connectivity index (χ0n) is 14.9. The minimum atomic E-state index is -0.257. The first-order valence-corrected chi connectivity index (χ1v) is 9.82. The summed E-state index contributed by atoms with van der Waals surface area (Å²) in [6.07, 6.45) is 4.23. The number of benzene rings is 1. The van der Waals surface area contributed by atoms with E-state index in [1.165, 1.54) is 23.9 Å². The Morgan fingerprint density at radius 2 is 2.15 bits per heavy atom. The highest BCUT2D eigenvalue weighted by atomic mass is 32.2. The number of furan rings is 1. The fraction of sp³-hybridized carbons (Fsp3) is 0.250. The van der Waals surface area contributed by atoms with Crippen molar-refractivity contribution in [2.24, 2.45) is 0 Å². The van der Waals surface area contributed by atoms with Gasteiger partial charge in [-0.3, -0.25) is 4.79 Å². The molecule has 1 N–H and O–H groups in total. The summed E-state index contributed by atoms with van der Waals surface area (Å²) >= 11 is 1.39. The van der Waals surface area contributed by atoms with Crippen LogP contribution in [0.25, 0.3) is 11.6 Å². The van der Waals surface area contributed by atoms with E-state index in [-0.39, 0.29) is 23.7 Å². The maximum atomic E-state index is 13.4. The number of carbonyl (C=O) groups excluding carboxylic acids is 1. The number of thioether (sulfide) groups is 1. The van der Waals surface area contributed by atoms with E-state index in [0.29, 0.717) is 27.9 Å².